The average molecular weight is 255 g/mol. The van der Waals surface area contributed by atoms with E-state index < -0.39 is 0 Å². The van der Waals surface area contributed by atoms with Gasteiger partial charge in [-0.25, -0.2) is 0 Å². The number of aryl methyl sites for hydroxylation is 2. The Morgan fingerprint density at radius 3 is 2.58 bits per heavy atom. The maximum atomic E-state index is 5.22. The summed E-state index contributed by atoms with van der Waals surface area (Å²) in [5, 5.41) is 3.47. The first-order valence-corrected chi connectivity index (χ1v) is 6.59. The Bertz CT molecular complexity index is 549. The van der Waals surface area contributed by atoms with E-state index in [-0.39, 0.29) is 0 Å². The number of rotatable bonds is 5. The summed E-state index contributed by atoms with van der Waals surface area (Å²) in [6, 6.07) is 14.7. The van der Waals surface area contributed by atoms with Crippen LogP contribution in [0.3, 0.4) is 0 Å². The van der Waals surface area contributed by atoms with Gasteiger partial charge >= 0.3 is 0 Å². The fourth-order valence-electron chi connectivity index (χ4n) is 2.17. The van der Waals surface area contributed by atoms with Crippen molar-refractivity contribution in [1.29, 1.82) is 0 Å². The third-order valence-electron chi connectivity index (χ3n) is 3.28. The molecule has 2 rings (SSSR count). The molecule has 0 atom stereocenters. The molecule has 2 aromatic carbocycles. The molecule has 1 N–H and O–H groups in total. The Hall–Kier alpha value is -1.80. The van der Waals surface area contributed by atoms with Crippen LogP contribution in [-0.4, -0.2) is 7.11 Å². The highest BCUT2D eigenvalue weighted by molar-refractivity contribution is 5.31. The number of benzene rings is 2. The Morgan fingerprint density at radius 1 is 1.00 bits per heavy atom. The zero-order valence-corrected chi connectivity index (χ0v) is 11.9. The molecule has 0 aliphatic rings. The minimum atomic E-state index is 0.852. The first-order chi connectivity index (χ1) is 9.19. The van der Waals surface area contributed by atoms with E-state index in [1.54, 1.807) is 7.11 Å². The van der Waals surface area contributed by atoms with Gasteiger partial charge in [0.2, 0.25) is 0 Å². The summed E-state index contributed by atoms with van der Waals surface area (Å²) in [5.74, 6) is 0.908. The molecule has 0 spiro atoms. The fraction of sp³-hybridized carbons (Fsp3) is 0.294. The lowest BCUT2D eigenvalue weighted by atomic mass is 10.1. The van der Waals surface area contributed by atoms with Crippen molar-refractivity contribution in [2.45, 2.75) is 26.9 Å². The summed E-state index contributed by atoms with van der Waals surface area (Å²) in [4.78, 5) is 0. The monoisotopic (exact) mass is 255 g/mol. The van der Waals surface area contributed by atoms with Gasteiger partial charge in [-0.2, -0.15) is 0 Å². The van der Waals surface area contributed by atoms with E-state index in [1.165, 1.54) is 22.3 Å². The van der Waals surface area contributed by atoms with E-state index in [4.69, 9.17) is 4.74 Å². The minimum absolute atomic E-state index is 0.852. The van der Waals surface area contributed by atoms with Crippen molar-refractivity contribution in [2.24, 2.45) is 0 Å². The maximum absolute atomic E-state index is 5.22. The zero-order valence-electron chi connectivity index (χ0n) is 11.9. The molecule has 0 saturated heterocycles. The molecular weight excluding hydrogens is 234 g/mol. The third-order valence-corrected chi connectivity index (χ3v) is 3.28. The quantitative estimate of drug-likeness (QED) is 0.881. The Balaban J connectivity index is 1.92. The van der Waals surface area contributed by atoms with E-state index in [1.807, 2.05) is 12.1 Å². The van der Waals surface area contributed by atoms with Crippen molar-refractivity contribution in [3.8, 4) is 5.75 Å². The van der Waals surface area contributed by atoms with Gasteiger partial charge in [0.05, 0.1) is 7.11 Å². The lowest BCUT2D eigenvalue weighted by Crippen LogP contribution is -2.13. The second kappa shape index (κ2) is 6.39. The van der Waals surface area contributed by atoms with Crippen LogP contribution in [0.2, 0.25) is 0 Å². The third kappa shape index (κ3) is 3.83. The molecule has 0 fully saturated rings. The first-order valence-electron chi connectivity index (χ1n) is 6.59. The molecule has 2 nitrogen and oxygen atoms in total. The summed E-state index contributed by atoms with van der Waals surface area (Å²) < 4.78 is 5.22. The molecule has 19 heavy (non-hydrogen) atoms. The minimum Gasteiger partial charge on any atom is -0.497 e. The molecule has 2 heteroatoms. The standard InChI is InChI=1S/C17H21NO/c1-13-7-8-16(14(2)9-13)12-18-11-15-5-4-6-17(10-15)19-3/h4-10,18H,11-12H2,1-3H3. The second-order valence-corrected chi connectivity index (χ2v) is 4.89. The van der Waals surface area contributed by atoms with E-state index in [9.17, 15) is 0 Å². The van der Waals surface area contributed by atoms with Crippen LogP contribution < -0.4 is 10.1 Å². The average Bonchev–Trinajstić information content (AvgIpc) is 2.41. The zero-order chi connectivity index (χ0) is 13.7. The molecule has 0 bridgehead atoms. The number of ether oxygens (including phenoxy) is 1. The van der Waals surface area contributed by atoms with Gasteiger partial charge in [-0.05, 0) is 42.7 Å². The van der Waals surface area contributed by atoms with Crippen LogP contribution in [0.15, 0.2) is 42.5 Å². The van der Waals surface area contributed by atoms with Gasteiger partial charge in [-0.1, -0.05) is 35.9 Å². The highest BCUT2D eigenvalue weighted by Crippen LogP contribution is 2.13. The second-order valence-electron chi connectivity index (χ2n) is 4.89. The fourth-order valence-corrected chi connectivity index (χ4v) is 2.17. The largest absolute Gasteiger partial charge is 0.497 e. The predicted octanol–water partition coefficient (Wildman–Crippen LogP) is 3.60. The van der Waals surface area contributed by atoms with Crippen LogP contribution in [0.5, 0.6) is 5.75 Å². The maximum Gasteiger partial charge on any atom is 0.119 e. The van der Waals surface area contributed by atoms with Crippen molar-refractivity contribution >= 4 is 0 Å². The molecule has 0 amide bonds. The predicted molar refractivity (Wildman–Crippen MR) is 79.5 cm³/mol. The van der Waals surface area contributed by atoms with Crippen molar-refractivity contribution < 1.29 is 4.74 Å². The highest BCUT2D eigenvalue weighted by Gasteiger charge is 1.99. The molecule has 0 radical (unpaired) electrons. The molecule has 0 saturated carbocycles. The van der Waals surface area contributed by atoms with Crippen molar-refractivity contribution in [3.05, 3.63) is 64.7 Å². The van der Waals surface area contributed by atoms with E-state index >= 15 is 0 Å². The number of methoxy groups -OCH3 is 1. The summed E-state index contributed by atoms with van der Waals surface area (Å²) in [6.07, 6.45) is 0. The van der Waals surface area contributed by atoms with Gasteiger partial charge in [0.25, 0.3) is 0 Å². The number of hydrogen-bond donors (Lipinski definition) is 1. The normalized spacial score (nSPS) is 10.5. The smallest absolute Gasteiger partial charge is 0.119 e. The van der Waals surface area contributed by atoms with Crippen LogP contribution in [0.1, 0.15) is 22.3 Å². The highest BCUT2D eigenvalue weighted by atomic mass is 16.5. The van der Waals surface area contributed by atoms with Crippen LogP contribution in [0.4, 0.5) is 0 Å². The first kappa shape index (κ1) is 13.6. The van der Waals surface area contributed by atoms with Gasteiger partial charge in [0, 0.05) is 13.1 Å². The van der Waals surface area contributed by atoms with Gasteiger partial charge in [-0.3, -0.25) is 0 Å². The van der Waals surface area contributed by atoms with Crippen molar-refractivity contribution in [1.82, 2.24) is 5.32 Å². The van der Waals surface area contributed by atoms with E-state index in [0.717, 1.165) is 18.8 Å². The van der Waals surface area contributed by atoms with Crippen LogP contribution in [-0.2, 0) is 13.1 Å². The van der Waals surface area contributed by atoms with Crippen molar-refractivity contribution in [2.75, 3.05) is 7.11 Å². The molecule has 0 unspecified atom stereocenters. The molecule has 0 aliphatic carbocycles. The lowest BCUT2D eigenvalue weighted by Gasteiger charge is -2.09. The van der Waals surface area contributed by atoms with Crippen LogP contribution in [0, 0.1) is 13.8 Å². The summed E-state index contributed by atoms with van der Waals surface area (Å²) in [7, 11) is 1.70. The Labute approximate surface area is 115 Å². The molecule has 0 aliphatic heterocycles. The summed E-state index contributed by atoms with van der Waals surface area (Å²) in [6.45, 7) is 6.03. The molecule has 100 valence electrons. The summed E-state index contributed by atoms with van der Waals surface area (Å²) in [5.41, 5.74) is 5.25. The Morgan fingerprint density at radius 2 is 1.84 bits per heavy atom. The van der Waals surface area contributed by atoms with Gasteiger partial charge in [0.15, 0.2) is 0 Å². The number of hydrogen-bond acceptors (Lipinski definition) is 2. The molecule has 2 aromatic rings. The van der Waals surface area contributed by atoms with Gasteiger partial charge in [-0.15, -0.1) is 0 Å². The van der Waals surface area contributed by atoms with Crippen molar-refractivity contribution in [3.63, 3.8) is 0 Å². The van der Waals surface area contributed by atoms with E-state index in [0.29, 0.717) is 0 Å². The summed E-state index contributed by atoms with van der Waals surface area (Å²) >= 11 is 0. The Kier molecular flexibility index (Phi) is 4.58. The molecular formula is C17H21NO. The number of nitrogens with one attached hydrogen (secondary N) is 1. The van der Waals surface area contributed by atoms with Gasteiger partial charge in [0.1, 0.15) is 5.75 Å². The SMILES string of the molecule is COc1cccc(CNCc2ccc(C)cc2C)c1. The van der Waals surface area contributed by atoms with Gasteiger partial charge < -0.3 is 10.1 Å². The lowest BCUT2D eigenvalue weighted by molar-refractivity contribution is 0.414. The van der Waals surface area contributed by atoms with Crippen LogP contribution >= 0.6 is 0 Å². The topological polar surface area (TPSA) is 21.3 Å². The van der Waals surface area contributed by atoms with E-state index in [2.05, 4.69) is 49.5 Å². The molecule has 0 heterocycles. The van der Waals surface area contributed by atoms with Crippen LogP contribution in [0.25, 0.3) is 0 Å². The molecule has 0 aromatic heterocycles.